The summed E-state index contributed by atoms with van der Waals surface area (Å²) in [5.74, 6) is 0.783. The molecule has 0 unspecified atom stereocenters. The minimum Gasteiger partial charge on any atom is -0.301 e. The van der Waals surface area contributed by atoms with Gasteiger partial charge < -0.3 is 4.90 Å². The molecule has 1 aromatic carbocycles. The number of nitrogens with zero attached hydrogens (tertiary/aromatic N) is 2. The van der Waals surface area contributed by atoms with E-state index in [-0.39, 0.29) is 5.82 Å². The van der Waals surface area contributed by atoms with E-state index in [9.17, 15) is 4.39 Å². The topological polar surface area (TPSA) is 27.0 Å². The molecule has 16 heavy (non-hydrogen) atoms. The molecular formula is C12H15FN2S. The fourth-order valence-corrected chi connectivity index (χ4v) is 1.88. The first-order valence-corrected chi connectivity index (χ1v) is 6.42. The summed E-state index contributed by atoms with van der Waals surface area (Å²) >= 11 is 1.76. The second kappa shape index (κ2) is 6.51. The van der Waals surface area contributed by atoms with Crippen LogP contribution < -0.4 is 0 Å². The second-order valence-corrected chi connectivity index (χ2v) is 4.63. The number of rotatable bonds is 5. The first-order chi connectivity index (χ1) is 7.67. The van der Waals surface area contributed by atoms with Crippen molar-refractivity contribution < 1.29 is 4.39 Å². The summed E-state index contributed by atoms with van der Waals surface area (Å²) in [6.07, 6.45) is 2.05. The van der Waals surface area contributed by atoms with Crippen molar-refractivity contribution in [3.8, 4) is 6.07 Å². The van der Waals surface area contributed by atoms with Gasteiger partial charge in [0.25, 0.3) is 0 Å². The zero-order valence-corrected chi connectivity index (χ0v) is 10.4. The molecule has 0 saturated carbocycles. The van der Waals surface area contributed by atoms with E-state index >= 15 is 0 Å². The van der Waals surface area contributed by atoms with Gasteiger partial charge in [0, 0.05) is 24.4 Å². The van der Waals surface area contributed by atoms with Crippen LogP contribution in [-0.4, -0.2) is 30.5 Å². The van der Waals surface area contributed by atoms with E-state index in [1.165, 1.54) is 12.1 Å². The fourth-order valence-electron chi connectivity index (χ4n) is 1.38. The molecule has 2 nitrogen and oxygen atoms in total. The van der Waals surface area contributed by atoms with Gasteiger partial charge in [0.15, 0.2) is 0 Å². The molecule has 0 spiro atoms. The third-order valence-corrected chi connectivity index (χ3v) is 2.88. The van der Waals surface area contributed by atoms with E-state index in [0.717, 1.165) is 12.3 Å². The molecule has 0 aliphatic heterocycles. The average molecular weight is 238 g/mol. The lowest BCUT2D eigenvalue weighted by atomic mass is 10.1. The minimum absolute atomic E-state index is 0.241. The van der Waals surface area contributed by atoms with E-state index in [2.05, 4.69) is 4.90 Å². The van der Waals surface area contributed by atoms with Crippen molar-refractivity contribution in [2.75, 3.05) is 25.6 Å². The molecule has 0 bridgehead atoms. The van der Waals surface area contributed by atoms with E-state index in [1.807, 2.05) is 19.4 Å². The zero-order valence-electron chi connectivity index (χ0n) is 9.53. The molecule has 0 heterocycles. The van der Waals surface area contributed by atoms with Gasteiger partial charge in [-0.2, -0.15) is 17.0 Å². The Morgan fingerprint density at radius 2 is 2.25 bits per heavy atom. The third-order valence-electron chi connectivity index (χ3n) is 2.29. The van der Waals surface area contributed by atoms with Crippen molar-refractivity contribution in [3.05, 3.63) is 35.1 Å². The highest BCUT2D eigenvalue weighted by Gasteiger charge is 2.06. The quantitative estimate of drug-likeness (QED) is 0.788. The molecule has 86 valence electrons. The van der Waals surface area contributed by atoms with Crippen LogP contribution in [0.1, 0.15) is 11.1 Å². The van der Waals surface area contributed by atoms with Gasteiger partial charge in [-0.05, 0) is 31.5 Å². The van der Waals surface area contributed by atoms with E-state index < -0.39 is 0 Å². The van der Waals surface area contributed by atoms with Crippen molar-refractivity contribution in [2.24, 2.45) is 0 Å². The van der Waals surface area contributed by atoms with Crippen LogP contribution in [0.3, 0.4) is 0 Å². The molecule has 0 fully saturated rings. The SMILES string of the molecule is CSCCN(C)Cc1cc(C#N)ccc1F. The standard InChI is InChI=1S/C12H15FN2S/c1-15(5-6-16-2)9-11-7-10(8-14)3-4-12(11)13/h3-4,7H,5-6,9H2,1-2H3. The molecule has 0 atom stereocenters. The van der Waals surface area contributed by atoms with E-state index in [1.54, 1.807) is 17.8 Å². The fraction of sp³-hybridized carbons (Fsp3) is 0.417. The molecule has 0 aliphatic rings. The summed E-state index contributed by atoms with van der Waals surface area (Å²) in [6.45, 7) is 1.46. The highest BCUT2D eigenvalue weighted by atomic mass is 32.2. The highest BCUT2D eigenvalue weighted by Crippen LogP contribution is 2.12. The zero-order chi connectivity index (χ0) is 12.0. The van der Waals surface area contributed by atoms with Crippen LogP contribution in [0.25, 0.3) is 0 Å². The van der Waals surface area contributed by atoms with Crippen molar-refractivity contribution in [1.82, 2.24) is 4.90 Å². The van der Waals surface area contributed by atoms with Gasteiger partial charge in [0.2, 0.25) is 0 Å². The summed E-state index contributed by atoms with van der Waals surface area (Å²) in [4.78, 5) is 2.05. The Kier molecular flexibility index (Phi) is 5.30. The molecule has 0 amide bonds. The molecule has 4 heteroatoms. The highest BCUT2D eigenvalue weighted by molar-refractivity contribution is 7.98. The summed E-state index contributed by atoms with van der Waals surface area (Å²) in [7, 11) is 1.95. The van der Waals surface area contributed by atoms with Gasteiger partial charge >= 0.3 is 0 Å². The van der Waals surface area contributed by atoms with Crippen LogP contribution in [0.5, 0.6) is 0 Å². The van der Waals surface area contributed by atoms with Gasteiger partial charge in [0.05, 0.1) is 11.6 Å². The summed E-state index contributed by atoms with van der Waals surface area (Å²) in [5, 5.41) is 8.74. The Morgan fingerprint density at radius 1 is 1.50 bits per heavy atom. The molecule has 0 aromatic heterocycles. The largest absolute Gasteiger partial charge is 0.301 e. The lowest BCUT2D eigenvalue weighted by Crippen LogP contribution is -2.21. The number of halogens is 1. The Hall–Kier alpha value is -1.05. The number of nitriles is 1. The maximum atomic E-state index is 13.4. The normalized spacial score (nSPS) is 10.4. The van der Waals surface area contributed by atoms with Crippen LogP contribution in [0.2, 0.25) is 0 Å². The van der Waals surface area contributed by atoms with E-state index in [4.69, 9.17) is 5.26 Å². The Labute approximate surface area is 100 Å². The summed E-state index contributed by atoms with van der Waals surface area (Å²) in [6, 6.07) is 6.50. The van der Waals surface area contributed by atoms with Gasteiger partial charge in [0.1, 0.15) is 5.82 Å². The van der Waals surface area contributed by atoms with Crippen LogP contribution in [-0.2, 0) is 6.54 Å². The van der Waals surface area contributed by atoms with Crippen LogP contribution in [0, 0.1) is 17.1 Å². The smallest absolute Gasteiger partial charge is 0.127 e. The van der Waals surface area contributed by atoms with E-state index in [0.29, 0.717) is 17.7 Å². The Bertz CT molecular complexity index is 387. The molecule has 0 N–H and O–H groups in total. The minimum atomic E-state index is -0.241. The average Bonchev–Trinajstić information content (AvgIpc) is 2.29. The van der Waals surface area contributed by atoms with Crippen LogP contribution in [0.4, 0.5) is 4.39 Å². The molecule has 0 radical (unpaired) electrons. The van der Waals surface area contributed by atoms with Crippen LogP contribution >= 0.6 is 11.8 Å². The van der Waals surface area contributed by atoms with Crippen molar-refractivity contribution >= 4 is 11.8 Å². The number of thioether (sulfide) groups is 1. The monoisotopic (exact) mass is 238 g/mol. The lowest BCUT2D eigenvalue weighted by molar-refractivity contribution is 0.342. The van der Waals surface area contributed by atoms with Gasteiger partial charge in [-0.3, -0.25) is 0 Å². The molecular weight excluding hydrogens is 223 g/mol. The molecule has 1 rings (SSSR count). The maximum absolute atomic E-state index is 13.4. The molecule has 0 aliphatic carbocycles. The van der Waals surface area contributed by atoms with Crippen molar-refractivity contribution in [1.29, 1.82) is 5.26 Å². The number of hydrogen-bond donors (Lipinski definition) is 0. The second-order valence-electron chi connectivity index (χ2n) is 3.65. The lowest BCUT2D eigenvalue weighted by Gasteiger charge is -2.16. The Balaban J connectivity index is 2.69. The van der Waals surface area contributed by atoms with Gasteiger partial charge in [-0.1, -0.05) is 0 Å². The van der Waals surface area contributed by atoms with Crippen molar-refractivity contribution in [2.45, 2.75) is 6.54 Å². The summed E-state index contributed by atoms with van der Waals surface area (Å²) < 4.78 is 13.4. The van der Waals surface area contributed by atoms with Gasteiger partial charge in [-0.25, -0.2) is 4.39 Å². The first-order valence-electron chi connectivity index (χ1n) is 5.03. The summed E-state index contributed by atoms with van der Waals surface area (Å²) in [5.41, 5.74) is 1.09. The molecule has 1 aromatic rings. The third kappa shape index (κ3) is 3.84. The maximum Gasteiger partial charge on any atom is 0.127 e. The van der Waals surface area contributed by atoms with Gasteiger partial charge in [-0.15, -0.1) is 0 Å². The van der Waals surface area contributed by atoms with Crippen LogP contribution in [0.15, 0.2) is 18.2 Å². The predicted molar refractivity (Wildman–Crippen MR) is 65.8 cm³/mol. The van der Waals surface area contributed by atoms with Crippen molar-refractivity contribution in [3.63, 3.8) is 0 Å². The first kappa shape index (κ1) is 13.0. The number of benzene rings is 1. The number of hydrogen-bond acceptors (Lipinski definition) is 3. The predicted octanol–water partition coefficient (Wildman–Crippen LogP) is 2.49. The Morgan fingerprint density at radius 3 is 2.88 bits per heavy atom. The molecule has 0 saturated heterocycles.